The molecule has 2 aromatic rings. The van der Waals surface area contributed by atoms with Crippen molar-refractivity contribution in [2.45, 2.75) is 6.92 Å². The Morgan fingerprint density at radius 1 is 1.40 bits per heavy atom. The first kappa shape index (κ1) is 13.6. The molecule has 0 atom stereocenters. The SMILES string of the molecule is COc1ccc(NC(C)=O)cc1-c1nc[nH]c1C(=O)O. The van der Waals surface area contributed by atoms with E-state index in [4.69, 9.17) is 9.84 Å². The highest BCUT2D eigenvalue weighted by atomic mass is 16.5. The maximum absolute atomic E-state index is 11.1. The number of anilines is 1. The molecule has 7 nitrogen and oxygen atoms in total. The van der Waals surface area contributed by atoms with Crippen LogP contribution in [0.1, 0.15) is 17.4 Å². The number of nitrogens with zero attached hydrogens (tertiary/aromatic N) is 1. The van der Waals surface area contributed by atoms with Crippen LogP contribution in [-0.4, -0.2) is 34.1 Å². The number of nitrogens with one attached hydrogen (secondary N) is 2. The molecule has 7 heteroatoms. The zero-order chi connectivity index (χ0) is 14.7. The Balaban J connectivity index is 2.55. The maximum atomic E-state index is 11.1. The first-order valence-electron chi connectivity index (χ1n) is 5.75. The lowest BCUT2D eigenvalue weighted by Gasteiger charge is -2.10. The van der Waals surface area contributed by atoms with Crippen LogP contribution in [0, 0.1) is 0 Å². The van der Waals surface area contributed by atoms with Crippen molar-refractivity contribution in [1.82, 2.24) is 9.97 Å². The van der Waals surface area contributed by atoms with Crippen LogP contribution < -0.4 is 10.1 Å². The number of benzene rings is 1. The summed E-state index contributed by atoms with van der Waals surface area (Å²) < 4.78 is 5.20. The first-order chi connectivity index (χ1) is 9.52. The molecule has 0 saturated carbocycles. The lowest BCUT2D eigenvalue weighted by atomic mass is 10.1. The van der Waals surface area contributed by atoms with Crippen molar-refractivity contribution < 1.29 is 19.4 Å². The number of aromatic carboxylic acids is 1. The van der Waals surface area contributed by atoms with E-state index in [1.165, 1.54) is 20.4 Å². The lowest BCUT2D eigenvalue weighted by Crippen LogP contribution is -2.06. The van der Waals surface area contributed by atoms with Gasteiger partial charge in [0.25, 0.3) is 0 Å². The minimum absolute atomic E-state index is 0.0386. The Bertz CT molecular complexity index is 663. The molecule has 3 N–H and O–H groups in total. The number of rotatable bonds is 4. The smallest absolute Gasteiger partial charge is 0.354 e. The van der Waals surface area contributed by atoms with Crippen LogP contribution in [-0.2, 0) is 4.79 Å². The Morgan fingerprint density at radius 3 is 2.75 bits per heavy atom. The van der Waals surface area contributed by atoms with Gasteiger partial charge < -0.3 is 20.1 Å². The van der Waals surface area contributed by atoms with Crippen LogP contribution in [0.2, 0.25) is 0 Å². The fraction of sp³-hybridized carbons (Fsp3) is 0.154. The number of carboxylic acid groups (broad SMARTS) is 1. The van der Waals surface area contributed by atoms with Gasteiger partial charge in [0.15, 0.2) is 5.69 Å². The second kappa shape index (κ2) is 5.43. The Morgan fingerprint density at radius 2 is 2.15 bits per heavy atom. The summed E-state index contributed by atoms with van der Waals surface area (Å²) in [4.78, 5) is 28.8. The quantitative estimate of drug-likeness (QED) is 0.788. The van der Waals surface area contributed by atoms with Crippen LogP contribution in [0.3, 0.4) is 0 Å². The molecule has 0 saturated heterocycles. The molecule has 1 heterocycles. The van der Waals surface area contributed by atoms with Crippen molar-refractivity contribution >= 4 is 17.6 Å². The highest BCUT2D eigenvalue weighted by Crippen LogP contribution is 2.33. The summed E-state index contributed by atoms with van der Waals surface area (Å²) in [5.41, 5.74) is 1.23. The van der Waals surface area contributed by atoms with Gasteiger partial charge in [0, 0.05) is 18.2 Å². The van der Waals surface area contributed by atoms with E-state index in [0.717, 1.165) is 0 Å². The molecule has 1 aromatic carbocycles. The molecule has 1 amide bonds. The van der Waals surface area contributed by atoms with Crippen molar-refractivity contribution in [3.63, 3.8) is 0 Å². The number of methoxy groups -OCH3 is 1. The first-order valence-corrected chi connectivity index (χ1v) is 5.75. The van der Waals surface area contributed by atoms with E-state index in [2.05, 4.69) is 15.3 Å². The molecule has 2 rings (SSSR count). The molecule has 0 unspecified atom stereocenters. The number of carbonyl (C=O) groups is 2. The molecule has 0 radical (unpaired) electrons. The highest BCUT2D eigenvalue weighted by Gasteiger charge is 2.18. The number of aromatic amines is 1. The molecular formula is C13H13N3O4. The number of H-pyrrole nitrogens is 1. The fourth-order valence-corrected chi connectivity index (χ4v) is 1.84. The number of aromatic nitrogens is 2. The van der Waals surface area contributed by atoms with Crippen molar-refractivity contribution in [3.8, 4) is 17.0 Å². The number of carboxylic acids is 1. The molecule has 0 spiro atoms. The van der Waals surface area contributed by atoms with E-state index in [9.17, 15) is 9.59 Å². The van der Waals surface area contributed by atoms with E-state index in [0.29, 0.717) is 17.0 Å². The molecule has 0 bridgehead atoms. The summed E-state index contributed by atoms with van der Waals surface area (Å²) in [6.45, 7) is 1.39. The van der Waals surface area contributed by atoms with Crippen LogP contribution in [0.4, 0.5) is 5.69 Å². The molecule has 20 heavy (non-hydrogen) atoms. The average Bonchev–Trinajstić information content (AvgIpc) is 2.87. The predicted molar refractivity (Wildman–Crippen MR) is 71.8 cm³/mol. The van der Waals surface area contributed by atoms with Gasteiger partial charge >= 0.3 is 5.97 Å². The Labute approximate surface area is 114 Å². The van der Waals surface area contributed by atoms with E-state index in [1.807, 2.05) is 0 Å². The number of hydrogen-bond acceptors (Lipinski definition) is 4. The fourth-order valence-electron chi connectivity index (χ4n) is 1.84. The van der Waals surface area contributed by atoms with E-state index >= 15 is 0 Å². The van der Waals surface area contributed by atoms with Crippen molar-refractivity contribution in [3.05, 3.63) is 30.2 Å². The van der Waals surface area contributed by atoms with Crippen molar-refractivity contribution in [2.75, 3.05) is 12.4 Å². The van der Waals surface area contributed by atoms with E-state index in [1.54, 1.807) is 18.2 Å². The lowest BCUT2D eigenvalue weighted by molar-refractivity contribution is -0.114. The van der Waals surface area contributed by atoms with Crippen molar-refractivity contribution in [1.29, 1.82) is 0 Å². The van der Waals surface area contributed by atoms with Gasteiger partial charge in [-0.1, -0.05) is 0 Å². The van der Waals surface area contributed by atoms with Gasteiger partial charge in [-0.15, -0.1) is 0 Å². The second-order valence-electron chi connectivity index (χ2n) is 4.03. The predicted octanol–water partition coefficient (Wildman–Crippen LogP) is 1.74. The normalized spacial score (nSPS) is 10.1. The second-order valence-corrected chi connectivity index (χ2v) is 4.03. The molecule has 0 aliphatic carbocycles. The zero-order valence-electron chi connectivity index (χ0n) is 10.9. The summed E-state index contributed by atoms with van der Waals surface area (Å²) in [5.74, 6) is -0.875. The number of amides is 1. The number of imidazole rings is 1. The van der Waals surface area contributed by atoms with E-state index in [-0.39, 0.29) is 17.3 Å². The average molecular weight is 275 g/mol. The summed E-state index contributed by atoms with van der Waals surface area (Å²) >= 11 is 0. The molecular weight excluding hydrogens is 262 g/mol. The molecule has 0 fully saturated rings. The highest BCUT2D eigenvalue weighted by molar-refractivity contribution is 5.95. The zero-order valence-corrected chi connectivity index (χ0v) is 10.9. The third-order valence-electron chi connectivity index (χ3n) is 2.63. The van der Waals surface area contributed by atoms with Gasteiger partial charge in [-0.25, -0.2) is 9.78 Å². The largest absolute Gasteiger partial charge is 0.496 e. The summed E-state index contributed by atoms with van der Waals surface area (Å²) in [6, 6.07) is 4.92. The van der Waals surface area contributed by atoms with Gasteiger partial charge in [0.05, 0.1) is 13.4 Å². The van der Waals surface area contributed by atoms with Gasteiger partial charge in [0.1, 0.15) is 11.4 Å². The van der Waals surface area contributed by atoms with Crippen LogP contribution in [0.15, 0.2) is 24.5 Å². The van der Waals surface area contributed by atoms with Crippen LogP contribution in [0.25, 0.3) is 11.3 Å². The topological polar surface area (TPSA) is 104 Å². The molecule has 104 valence electrons. The van der Waals surface area contributed by atoms with Crippen molar-refractivity contribution in [2.24, 2.45) is 0 Å². The van der Waals surface area contributed by atoms with E-state index < -0.39 is 5.97 Å². The molecule has 0 aliphatic heterocycles. The summed E-state index contributed by atoms with van der Waals surface area (Å²) in [5, 5.41) is 11.7. The van der Waals surface area contributed by atoms with Crippen LogP contribution in [0.5, 0.6) is 5.75 Å². The Hall–Kier alpha value is -2.83. The van der Waals surface area contributed by atoms with Gasteiger partial charge in [0.2, 0.25) is 5.91 Å². The third kappa shape index (κ3) is 2.61. The standard InChI is InChI=1S/C13H13N3O4/c1-7(17)16-8-3-4-10(20-2)9(5-8)11-12(13(18)19)15-6-14-11/h3-6H,1-2H3,(H,14,15)(H,16,17)(H,18,19). The number of ether oxygens (including phenoxy) is 1. The minimum Gasteiger partial charge on any atom is -0.496 e. The Kier molecular flexibility index (Phi) is 3.69. The molecule has 0 aliphatic rings. The van der Waals surface area contributed by atoms with Crippen LogP contribution >= 0.6 is 0 Å². The minimum atomic E-state index is -1.12. The maximum Gasteiger partial charge on any atom is 0.354 e. The summed E-state index contributed by atoms with van der Waals surface area (Å²) in [6.07, 6.45) is 1.29. The van der Waals surface area contributed by atoms with Gasteiger partial charge in [-0.2, -0.15) is 0 Å². The monoisotopic (exact) mass is 275 g/mol. The third-order valence-corrected chi connectivity index (χ3v) is 2.63. The summed E-state index contributed by atoms with van der Waals surface area (Å²) in [7, 11) is 1.48. The van der Waals surface area contributed by atoms with Gasteiger partial charge in [-0.05, 0) is 18.2 Å². The molecule has 1 aromatic heterocycles. The number of carbonyl (C=O) groups excluding carboxylic acids is 1. The number of hydrogen-bond donors (Lipinski definition) is 3. The van der Waals surface area contributed by atoms with Gasteiger partial charge in [-0.3, -0.25) is 4.79 Å².